The number of hydrogen-bond acceptors (Lipinski definition) is 4. The summed E-state index contributed by atoms with van der Waals surface area (Å²) >= 11 is 6.15. The molecule has 1 saturated heterocycles. The third-order valence-electron chi connectivity index (χ3n) is 5.16. The molecule has 0 unspecified atom stereocenters. The van der Waals surface area contributed by atoms with Crippen molar-refractivity contribution in [2.75, 3.05) is 18.4 Å². The van der Waals surface area contributed by atoms with Crippen molar-refractivity contribution in [3.05, 3.63) is 64.7 Å². The maximum atomic E-state index is 12.9. The van der Waals surface area contributed by atoms with Crippen LogP contribution in [0.25, 0.3) is 0 Å². The van der Waals surface area contributed by atoms with Crippen LogP contribution in [-0.2, 0) is 21.6 Å². The predicted molar refractivity (Wildman–Crippen MR) is 103 cm³/mol. The van der Waals surface area contributed by atoms with Crippen LogP contribution in [0.5, 0.6) is 0 Å². The number of carbonyl (C=O) groups is 2. The summed E-state index contributed by atoms with van der Waals surface area (Å²) in [7, 11) is 0. The Labute approximate surface area is 162 Å². The first kappa shape index (κ1) is 17.8. The van der Waals surface area contributed by atoms with E-state index in [0.29, 0.717) is 30.1 Å². The molecule has 4 rings (SSSR count). The molecule has 0 aliphatic carbocycles. The maximum Gasteiger partial charge on any atom is 0.412 e. The van der Waals surface area contributed by atoms with E-state index in [1.807, 2.05) is 30.3 Å². The van der Waals surface area contributed by atoms with Gasteiger partial charge in [0.15, 0.2) is 5.60 Å². The first-order chi connectivity index (χ1) is 13.0. The van der Waals surface area contributed by atoms with Crippen molar-refractivity contribution in [3.63, 3.8) is 0 Å². The largest absolute Gasteiger partial charge is 0.436 e. The number of anilines is 1. The fraction of sp³-hybridized carbons (Fsp3) is 0.300. The smallest absolute Gasteiger partial charge is 0.412 e. The minimum atomic E-state index is -0.884. The number of nitrogens with one attached hydrogen (secondary N) is 1. The quantitative estimate of drug-likeness (QED) is 0.850. The van der Waals surface area contributed by atoms with Crippen LogP contribution in [0, 0.1) is 0 Å². The number of nitrogens with zero attached hydrogens (tertiary/aromatic N) is 1. The van der Waals surface area contributed by atoms with Crippen molar-refractivity contribution in [1.29, 1.82) is 0 Å². The Morgan fingerprint density at radius 2 is 2.07 bits per heavy atom. The summed E-state index contributed by atoms with van der Waals surface area (Å²) in [5.41, 5.74) is 7.75. The van der Waals surface area contributed by atoms with Crippen molar-refractivity contribution < 1.29 is 14.3 Å². The Bertz CT molecular complexity index is 889. The minimum Gasteiger partial charge on any atom is -0.436 e. The highest BCUT2D eigenvalue weighted by molar-refractivity contribution is 6.30. The van der Waals surface area contributed by atoms with E-state index in [9.17, 15) is 9.59 Å². The lowest BCUT2D eigenvalue weighted by Crippen LogP contribution is -2.47. The van der Waals surface area contributed by atoms with Gasteiger partial charge in [-0.1, -0.05) is 41.9 Å². The van der Waals surface area contributed by atoms with Crippen LogP contribution >= 0.6 is 11.6 Å². The van der Waals surface area contributed by atoms with Gasteiger partial charge in [0.25, 0.3) is 0 Å². The van der Waals surface area contributed by atoms with Crippen molar-refractivity contribution in [3.8, 4) is 0 Å². The fourth-order valence-corrected chi connectivity index (χ4v) is 4.01. The van der Waals surface area contributed by atoms with Gasteiger partial charge in [-0.05, 0) is 30.2 Å². The number of benzene rings is 2. The van der Waals surface area contributed by atoms with Crippen LogP contribution in [0.2, 0.25) is 5.02 Å². The minimum absolute atomic E-state index is 0.145. The molecular weight excluding hydrogens is 366 g/mol. The van der Waals surface area contributed by atoms with Crippen LogP contribution in [0.1, 0.15) is 17.5 Å². The molecule has 0 radical (unpaired) electrons. The number of likely N-dealkylation sites (tertiary alicyclic amines) is 1. The van der Waals surface area contributed by atoms with Crippen LogP contribution in [-0.4, -0.2) is 36.0 Å². The monoisotopic (exact) mass is 385 g/mol. The zero-order valence-corrected chi connectivity index (χ0v) is 15.4. The number of fused-ring (bicyclic) bond motifs is 2. The lowest BCUT2D eigenvalue weighted by molar-refractivity contribution is -0.132. The molecule has 0 bridgehead atoms. The molecule has 2 atom stereocenters. The molecular formula is C20H20ClN3O3. The predicted octanol–water partition coefficient (Wildman–Crippen LogP) is 2.90. The second kappa shape index (κ2) is 6.87. The molecule has 3 N–H and O–H groups in total. The van der Waals surface area contributed by atoms with E-state index in [1.165, 1.54) is 0 Å². The fourth-order valence-electron chi connectivity index (χ4n) is 3.83. The summed E-state index contributed by atoms with van der Waals surface area (Å²) in [6, 6.07) is 14.3. The third kappa shape index (κ3) is 3.38. The summed E-state index contributed by atoms with van der Waals surface area (Å²) in [5.74, 6) is -0.145. The van der Waals surface area contributed by atoms with Gasteiger partial charge in [0.05, 0.1) is 18.3 Å². The summed E-state index contributed by atoms with van der Waals surface area (Å²) in [6.45, 7) is 0.746. The molecule has 2 aromatic rings. The molecule has 140 valence electrons. The standard InChI is InChI=1S/C20H20ClN3O3/c21-14-6-7-17-15(11-14)20(27-19(26)23-17)8-9-24(12-20)18(25)16(22)10-13-4-2-1-3-5-13/h1-7,11,16H,8-10,12,22H2,(H,23,26)/t16-,20-/m0/s1. The Morgan fingerprint density at radius 3 is 2.85 bits per heavy atom. The van der Waals surface area contributed by atoms with Crippen molar-refractivity contribution in [2.24, 2.45) is 5.73 Å². The van der Waals surface area contributed by atoms with Gasteiger partial charge in [0, 0.05) is 23.6 Å². The van der Waals surface area contributed by atoms with Crippen molar-refractivity contribution in [1.82, 2.24) is 4.90 Å². The van der Waals surface area contributed by atoms with E-state index in [0.717, 1.165) is 11.1 Å². The Hall–Kier alpha value is -2.57. The van der Waals surface area contributed by atoms with Gasteiger partial charge < -0.3 is 15.4 Å². The number of rotatable bonds is 3. The average Bonchev–Trinajstić information content (AvgIpc) is 3.07. The van der Waals surface area contributed by atoms with Gasteiger partial charge in [0.1, 0.15) is 0 Å². The lowest BCUT2D eigenvalue weighted by atomic mass is 9.90. The molecule has 2 aliphatic heterocycles. The summed E-state index contributed by atoms with van der Waals surface area (Å²) < 4.78 is 5.65. The van der Waals surface area contributed by atoms with Gasteiger partial charge >= 0.3 is 6.09 Å². The SMILES string of the molecule is N[C@@H](Cc1ccccc1)C(=O)N1CC[C@@]2(C1)OC(=O)Nc1ccc(Cl)cc12. The Morgan fingerprint density at radius 1 is 1.30 bits per heavy atom. The van der Waals surface area contributed by atoms with E-state index in [2.05, 4.69) is 5.32 Å². The Kier molecular flexibility index (Phi) is 4.53. The molecule has 1 fully saturated rings. The van der Waals surface area contributed by atoms with Crippen LogP contribution in [0.4, 0.5) is 10.5 Å². The summed E-state index contributed by atoms with van der Waals surface area (Å²) in [6.07, 6.45) is 0.456. The highest BCUT2D eigenvalue weighted by Crippen LogP contribution is 2.43. The van der Waals surface area contributed by atoms with E-state index < -0.39 is 17.7 Å². The summed E-state index contributed by atoms with van der Waals surface area (Å²) in [4.78, 5) is 26.6. The topological polar surface area (TPSA) is 84.7 Å². The summed E-state index contributed by atoms with van der Waals surface area (Å²) in [5, 5.41) is 3.24. The highest BCUT2D eigenvalue weighted by atomic mass is 35.5. The average molecular weight is 386 g/mol. The Balaban J connectivity index is 1.54. The van der Waals surface area contributed by atoms with Crippen molar-refractivity contribution >= 4 is 29.3 Å². The second-order valence-electron chi connectivity index (χ2n) is 7.00. The number of ether oxygens (including phenoxy) is 1. The molecule has 0 saturated carbocycles. The molecule has 6 nitrogen and oxygen atoms in total. The van der Waals surface area contributed by atoms with Crippen molar-refractivity contribution in [2.45, 2.75) is 24.5 Å². The molecule has 7 heteroatoms. The molecule has 2 amide bonds. The van der Waals surface area contributed by atoms with Gasteiger partial charge in [-0.15, -0.1) is 0 Å². The number of amides is 2. The first-order valence-corrected chi connectivity index (χ1v) is 9.23. The molecule has 2 heterocycles. The highest BCUT2D eigenvalue weighted by Gasteiger charge is 2.49. The van der Waals surface area contributed by atoms with Crippen LogP contribution < -0.4 is 11.1 Å². The molecule has 1 spiro atoms. The first-order valence-electron chi connectivity index (χ1n) is 8.85. The third-order valence-corrected chi connectivity index (χ3v) is 5.39. The van der Waals surface area contributed by atoms with E-state index in [-0.39, 0.29) is 12.5 Å². The zero-order valence-electron chi connectivity index (χ0n) is 14.7. The second-order valence-corrected chi connectivity index (χ2v) is 7.44. The van der Waals surface area contributed by atoms with E-state index in [1.54, 1.807) is 23.1 Å². The molecule has 2 aliphatic rings. The van der Waals surface area contributed by atoms with Gasteiger partial charge in [-0.25, -0.2) is 4.79 Å². The molecule has 0 aromatic heterocycles. The van der Waals surface area contributed by atoms with Gasteiger partial charge in [-0.2, -0.15) is 0 Å². The van der Waals surface area contributed by atoms with Crippen LogP contribution in [0.3, 0.4) is 0 Å². The van der Waals surface area contributed by atoms with Crippen LogP contribution in [0.15, 0.2) is 48.5 Å². The number of nitrogens with two attached hydrogens (primary N) is 1. The normalized spacial score (nSPS) is 22.1. The molecule has 27 heavy (non-hydrogen) atoms. The lowest BCUT2D eigenvalue weighted by Gasteiger charge is -2.35. The number of carbonyl (C=O) groups excluding carboxylic acids is 2. The van der Waals surface area contributed by atoms with Gasteiger partial charge in [-0.3, -0.25) is 10.1 Å². The number of hydrogen-bond donors (Lipinski definition) is 2. The maximum absolute atomic E-state index is 12.9. The van der Waals surface area contributed by atoms with E-state index in [4.69, 9.17) is 22.1 Å². The van der Waals surface area contributed by atoms with E-state index >= 15 is 0 Å². The number of halogens is 1. The van der Waals surface area contributed by atoms with Gasteiger partial charge in [0.2, 0.25) is 5.91 Å². The zero-order chi connectivity index (χ0) is 19.0. The molecule has 2 aromatic carbocycles.